The molecule has 0 aromatic heterocycles. The Morgan fingerprint density at radius 2 is 1.88 bits per heavy atom. The second kappa shape index (κ2) is 10.4. The van der Waals surface area contributed by atoms with Crippen molar-refractivity contribution in [1.82, 2.24) is 5.32 Å². The van der Waals surface area contributed by atoms with Gasteiger partial charge < -0.3 is 20.1 Å². The fraction of sp³-hybridized carbons (Fsp3) is 0.353. The number of esters is 1. The Balaban J connectivity index is 2.37. The first-order valence-electron chi connectivity index (χ1n) is 7.54. The van der Waals surface area contributed by atoms with Crippen molar-refractivity contribution in [3.05, 3.63) is 36.4 Å². The molecule has 0 radical (unpaired) electrons. The van der Waals surface area contributed by atoms with Crippen molar-refractivity contribution in [2.45, 2.75) is 26.7 Å². The van der Waals surface area contributed by atoms with E-state index in [-0.39, 0.29) is 23.9 Å². The zero-order valence-corrected chi connectivity index (χ0v) is 14.7. The molecule has 0 heterocycles. The molecule has 0 bridgehead atoms. The quantitative estimate of drug-likeness (QED) is 0.426. The molecule has 0 spiro atoms. The highest BCUT2D eigenvalue weighted by molar-refractivity contribution is 7.80. The van der Waals surface area contributed by atoms with Gasteiger partial charge in [0, 0.05) is 12.1 Å². The van der Waals surface area contributed by atoms with Gasteiger partial charge in [0.2, 0.25) is 5.91 Å². The van der Waals surface area contributed by atoms with Crippen molar-refractivity contribution in [3.8, 4) is 5.75 Å². The summed E-state index contributed by atoms with van der Waals surface area (Å²) < 4.78 is 10.2. The van der Waals surface area contributed by atoms with Gasteiger partial charge in [-0.15, -0.1) is 0 Å². The minimum Gasteiger partial charge on any atom is -0.489 e. The highest BCUT2D eigenvalue weighted by Crippen LogP contribution is 2.16. The molecule has 7 heteroatoms. The molecule has 1 rings (SSSR count). The molecule has 1 aromatic carbocycles. The molecule has 0 saturated carbocycles. The number of anilines is 1. The summed E-state index contributed by atoms with van der Waals surface area (Å²) >= 11 is 5.06. The van der Waals surface area contributed by atoms with Crippen LogP contribution < -0.4 is 15.4 Å². The smallest absolute Gasteiger partial charge is 0.306 e. The van der Waals surface area contributed by atoms with Crippen molar-refractivity contribution in [1.29, 1.82) is 0 Å². The van der Waals surface area contributed by atoms with E-state index < -0.39 is 5.97 Å². The van der Waals surface area contributed by atoms with E-state index in [1.165, 1.54) is 0 Å². The van der Waals surface area contributed by atoms with Crippen LogP contribution >= 0.6 is 12.2 Å². The first-order chi connectivity index (χ1) is 11.4. The molecule has 1 amide bonds. The Bertz CT molecular complexity index is 599. The summed E-state index contributed by atoms with van der Waals surface area (Å²) in [5, 5.41) is 5.57. The van der Waals surface area contributed by atoms with Crippen LogP contribution in [0.25, 0.3) is 0 Å². The number of hydrogen-bond acceptors (Lipinski definition) is 5. The Labute approximate surface area is 147 Å². The van der Waals surface area contributed by atoms with Crippen LogP contribution in [0.2, 0.25) is 0 Å². The molecule has 0 aliphatic heterocycles. The minimum atomic E-state index is -0.406. The number of ether oxygens (including phenoxy) is 2. The van der Waals surface area contributed by atoms with Crippen LogP contribution in [0.4, 0.5) is 5.69 Å². The van der Waals surface area contributed by atoms with Crippen molar-refractivity contribution in [2.75, 3.05) is 18.5 Å². The maximum absolute atomic E-state index is 11.7. The first kappa shape index (κ1) is 19.6. The van der Waals surface area contributed by atoms with Gasteiger partial charge in [0.1, 0.15) is 12.4 Å². The predicted octanol–water partition coefficient (Wildman–Crippen LogP) is 2.80. The first-order valence-corrected chi connectivity index (χ1v) is 7.95. The lowest BCUT2D eigenvalue weighted by Gasteiger charge is -2.10. The number of benzene rings is 1. The number of rotatable bonds is 8. The zero-order valence-electron chi connectivity index (χ0n) is 13.9. The number of nitrogens with one attached hydrogen (secondary N) is 2. The molecule has 0 saturated heterocycles. The molecular weight excluding hydrogens is 328 g/mol. The van der Waals surface area contributed by atoms with Gasteiger partial charge in [-0.1, -0.05) is 6.58 Å². The van der Waals surface area contributed by atoms with Crippen molar-refractivity contribution < 1.29 is 19.1 Å². The summed E-state index contributed by atoms with van der Waals surface area (Å²) in [5.74, 6) is -0.0354. The van der Waals surface area contributed by atoms with E-state index in [2.05, 4.69) is 17.2 Å². The van der Waals surface area contributed by atoms with Gasteiger partial charge >= 0.3 is 5.97 Å². The molecule has 130 valence electrons. The Kier molecular flexibility index (Phi) is 8.49. The lowest BCUT2D eigenvalue weighted by atomic mass is 10.3. The van der Waals surface area contributed by atoms with E-state index in [0.29, 0.717) is 24.7 Å². The Hall–Kier alpha value is -2.41. The van der Waals surface area contributed by atoms with Gasteiger partial charge in [-0.05, 0) is 55.9 Å². The highest BCUT2D eigenvalue weighted by atomic mass is 32.1. The average Bonchev–Trinajstić information content (AvgIpc) is 2.52. The minimum absolute atomic E-state index is 0.0222. The summed E-state index contributed by atoms with van der Waals surface area (Å²) in [4.78, 5) is 22.9. The molecule has 0 atom stereocenters. The van der Waals surface area contributed by atoms with Crippen LogP contribution in [-0.4, -0.2) is 30.2 Å². The van der Waals surface area contributed by atoms with Crippen molar-refractivity contribution in [2.24, 2.45) is 0 Å². The van der Waals surface area contributed by atoms with Crippen LogP contribution in [-0.2, 0) is 14.3 Å². The van der Waals surface area contributed by atoms with Crippen LogP contribution in [0.15, 0.2) is 36.4 Å². The van der Waals surface area contributed by atoms with Gasteiger partial charge in [0.05, 0.1) is 13.0 Å². The largest absolute Gasteiger partial charge is 0.489 e. The third-order valence-corrected chi connectivity index (χ3v) is 2.92. The number of hydrogen-bond donors (Lipinski definition) is 2. The van der Waals surface area contributed by atoms with Crippen LogP contribution in [0.1, 0.15) is 26.7 Å². The number of carbonyl (C=O) groups is 2. The third kappa shape index (κ3) is 8.28. The molecule has 0 unspecified atom stereocenters. The SMILES string of the molecule is C=C(C)COc1ccc(NC(=S)NC(=O)CCC(=O)OCC)cc1. The van der Waals surface area contributed by atoms with E-state index in [0.717, 1.165) is 5.57 Å². The molecule has 6 nitrogen and oxygen atoms in total. The lowest BCUT2D eigenvalue weighted by Crippen LogP contribution is -2.34. The Morgan fingerprint density at radius 1 is 1.21 bits per heavy atom. The molecule has 0 aliphatic carbocycles. The maximum atomic E-state index is 11.7. The number of carbonyl (C=O) groups excluding carboxylic acids is 2. The lowest BCUT2D eigenvalue weighted by molar-refractivity contribution is -0.144. The monoisotopic (exact) mass is 350 g/mol. The summed E-state index contributed by atoms with van der Waals surface area (Å²) in [5.41, 5.74) is 1.65. The van der Waals surface area contributed by atoms with E-state index in [9.17, 15) is 9.59 Å². The molecular formula is C17H22N2O4S. The topological polar surface area (TPSA) is 76.7 Å². The van der Waals surface area contributed by atoms with Crippen LogP contribution in [0, 0.1) is 0 Å². The summed E-state index contributed by atoms with van der Waals surface area (Å²) in [6.45, 7) is 8.13. The van der Waals surface area contributed by atoms with Crippen LogP contribution in [0.5, 0.6) is 5.75 Å². The molecule has 2 N–H and O–H groups in total. The van der Waals surface area contributed by atoms with Gasteiger partial charge in [0.25, 0.3) is 0 Å². The van der Waals surface area contributed by atoms with Crippen molar-refractivity contribution >= 4 is 34.9 Å². The van der Waals surface area contributed by atoms with Gasteiger partial charge in [-0.3, -0.25) is 9.59 Å². The normalized spacial score (nSPS) is 9.75. The summed E-state index contributed by atoms with van der Waals surface area (Å²) in [6.07, 6.45) is 0.0470. The fourth-order valence-electron chi connectivity index (χ4n) is 1.64. The summed E-state index contributed by atoms with van der Waals surface area (Å²) in [7, 11) is 0. The van der Waals surface area contributed by atoms with E-state index in [4.69, 9.17) is 21.7 Å². The average molecular weight is 350 g/mol. The Morgan fingerprint density at radius 3 is 2.46 bits per heavy atom. The molecule has 0 aliphatic rings. The van der Waals surface area contributed by atoms with Crippen molar-refractivity contribution in [3.63, 3.8) is 0 Å². The predicted molar refractivity (Wildman–Crippen MR) is 97.0 cm³/mol. The van der Waals surface area contributed by atoms with E-state index in [1.807, 2.05) is 6.92 Å². The van der Waals surface area contributed by atoms with Crippen LogP contribution in [0.3, 0.4) is 0 Å². The maximum Gasteiger partial charge on any atom is 0.306 e. The molecule has 1 aromatic rings. The standard InChI is InChI=1S/C17H22N2O4S/c1-4-22-16(21)10-9-15(20)19-17(24)18-13-5-7-14(8-6-13)23-11-12(2)3/h5-8H,2,4,9-11H2,1,3H3,(H2,18,19,20,24). The van der Waals surface area contributed by atoms with Gasteiger partial charge in [-0.25, -0.2) is 0 Å². The third-order valence-electron chi connectivity index (χ3n) is 2.71. The fourth-order valence-corrected chi connectivity index (χ4v) is 1.87. The van der Waals surface area contributed by atoms with E-state index >= 15 is 0 Å². The van der Waals surface area contributed by atoms with E-state index in [1.54, 1.807) is 31.2 Å². The number of amides is 1. The van der Waals surface area contributed by atoms with Gasteiger partial charge in [0.15, 0.2) is 5.11 Å². The van der Waals surface area contributed by atoms with Gasteiger partial charge in [-0.2, -0.15) is 0 Å². The highest BCUT2D eigenvalue weighted by Gasteiger charge is 2.09. The zero-order chi connectivity index (χ0) is 17.9. The number of thiocarbonyl (C=S) groups is 1. The molecule has 24 heavy (non-hydrogen) atoms. The second-order valence-corrected chi connectivity index (χ2v) is 5.49. The summed E-state index contributed by atoms with van der Waals surface area (Å²) in [6, 6.07) is 7.14. The molecule has 0 fully saturated rings. The second-order valence-electron chi connectivity index (χ2n) is 5.08.